The van der Waals surface area contributed by atoms with Gasteiger partial charge in [-0.25, -0.2) is 0 Å². The molecule has 0 bridgehead atoms. The minimum atomic E-state index is 0.574. The van der Waals surface area contributed by atoms with Crippen LogP contribution in [-0.2, 0) is 0 Å². The second kappa shape index (κ2) is 5.48. The van der Waals surface area contributed by atoms with E-state index in [2.05, 4.69) is 29.7 Å². The molecule has 0 radical (unpaired) electrons. The fourth-order valence-corrected chi connectivity index (χ4v) is 2.63. The summed E-state index contributed by atoms with van der Waals surface area (Å²) in [5.41, 5.74) is 8.03. The van der Waals surface area contributed by atoms with Crippen LogP contribution in [0, 0.1) is 0 Å². The van der Waals surface area contributed by atoms with Gasteiger partial charge in [-0.15, -0.1) is 0 Å². The van der Waals surface area contributed by atoms with E-state index in [4.69, 9.17) is 10.5 Å². The van der Waals surface area contributed by atoms with Crippen LogP contribution in [-0.4, -0.2) is 44.2 Å². The number of anilines is 2. The van der Waals surface area contributed by atoms with Gasteiger partial charge >= 0.3 is 0 Å². The molecule has 0 saturated carbocycles. The van der Waals surface area contributed by atoms with Gasteiger partial charge in [-0.3, -0.25) is 4.90 Å². The van der Waals surface area contributed by atoms with Crippen LogP contribution >= 0.6 is 0 Å². The molecule has 1 saturated heterocycles. The predicted molar refractivity (Wildman–Crippen MR) is 76.3 cm³/mol. The van der Waals surface area contributed by atoms with Gasteiger partial charge in [-0.2, -0.15) is 0 Å². The first-order valence-corrected chi connectivity index (χ1v) is 6.58. The zero-order valence-corrected chi connectivity index (χ0v) is 11.5. The molecule has 0 aliphatic carbocycles. The van der Waals surface area contributed by atoms with Gasteiger partial charge in [0.05, 0.1) is 18.5 Å². The van der Waals surface area contributed by atoms with E-state index >= 15 is 0 Å². The van der Waals surface area contributed by atoms with E-state index in [0.717, 1.165) is 43.3 Å². The molecule has 1 atom stereocenters. The summed E-state index contributed by atoms with van der Waals surface area (Å²) in [4.78, 5) is 4.86. The summed E-state index contributed by atoms with van der Waals surface area (Å²) >= 11 is 0. The van der Waals surface area contributed by atoms with E-state index in [1.165, 1.54) is 0 Å². The van der Waals surface area contributed by atoms with Gasteiger partial charge in [0.25, 0.3) is 0 Å². The Balaban J connectivity index is 2.13. The van der Waals surface area contributed by atoms with Gasteiger partial charge in [0.1, 0.15) is 5.75 Å². The van der Waals surface area contributed by atoms with Crippen LogP contribution in [0.15, 0.2) is 18.2 Å². The van der Waals surface area contributed by atoms with Gasteiger partial charge < -0.3 is 15.4 Å². The molecule has 4 nitrogen and oxygen atoms in total. The third-order valence-corrected chi connectivity index (χ3v) is 3.75. The number of likely N-dealkylation sites (N-methyl/N-ethyl adjacent to an activating group) is 1. The first-order chi connectivity index (χ1) is 8.65. The third kappa shape index (κ3) is 2.53. The lowest BCUT2D eigenvalue weighted by Crippen LogP contribution is -2.51. The van der Waals surface area contributed by atoms with Crippen molar-refractivity contribution < 1.29 is 4.74 Å². The summed E-state index contributed by atoms with van der Waals surface area (Å²) in [5.74, 6) is 0.816. The average molecular weight is 249 g/mol. The standard InChI is InChI=1S/C14H23N3O/c1-4-16-7-8-17(10-11(16)2)14-6-5-12(18-3)9-13(14)15/h5-6,9,11H,4,7-8,10,15H2,1-3H3. The number of rotatable bonds is 3. The number of hydrogen-bond acceptors (Lipinski definition) is 4. The highest BCUT2D eigenvalue weighted by Gasteiger charge is 2.23. The molecule has 0 spiro atoms. The third-order valence-electron chi connectivity index (χ3n) is 3.75. The number of nitrogens with two attached hydrogens (primary N) is 1. The molecule has 0 amide bonds. The molecule has 1 aliphatic rings. The van der Waals surface area contributed by atoms with Crippen molar-refractivity contribution in [1.29, 1.82) is 0 Å². The van der Waals surface area contributed by atoms with Crippen molar-refractivity contribution in [3.63, 3.8) is 0 Å². The lowest BCUT2D eigenvalue weighted by Gasteiger charge is -2.40. The monoisotopic (exact) mass is 249 g/mol. The average Bonchev–Trinajstić information content (AvgIpc) is 2.38. The molecule has 2 N–H and O–H groups in total. The highest BCUT2D eigenvalue weighted by Crippen LogP contribution is 2.29. The Morgan fingerprint density at radius 3 is 2.72 bits per heavy atom. The molecule has 1 aromatic rings. The van der Waals surface area contributed by atoms with E-state index in [9.17, 15) is 0 Å². The maximum absolute atomic E-state index is 6.11. The first-order valence-electron chi connectivity index (χ1n) is 6.58. The SMILES string of the molecule is CCN1CCN(c2ccc(OC)cc2N)CC1C. The minimum Gasteiger partial charge on any atom is -0.497 e. The quantitative estimate of drug-likeness (QED) is 0.830. The van der Waals surface area contributed by atoms with E-state index < -0.39 is 0 Å². The molecule has 18 heavy (non-hydrogen) atoms. The number of ether oxygens (including phenoxy) is 1. The summed E-state index contributed by atoms with van der Waals surface area (Å²) in [6, 6.07) is 6.50. The van der Waals surface area contributed by atoms with Crippen LogP contribution < -0.4 is 15.4 Å². The number of nitrogen functional groups attached to an aromatic ring is 1. The second-order valence-corrected chi connectivity index (χ2v) is 4.85. The number of hydrogen-bond donors (Lipinski definition) is 1. The maximum Gasteiger partial charge on any atom is 0.121 e. The molecular weight excluding hydrogens is 226 g/mol. The summed E-state index contributed by atoms with van der Waals surface area (Å²) < 4.78 is 5.19. The van der Waals surface area contributed by atoms with Gasteiger partial charge in [0, 0.05) is 31.7 Å². The Morgan fingerprint density at radius 1 is 1.39 bits per heavy atom. The van der Waals surface area contributed by atoms with Crippen molar-refractivity contribution in [2.24, 2.45) is 0 Å². The van der Waals surface area contributed by atoms with Gasteiger partial charge in [-0.05, 0) is 25.6 Å². The van der Waals surface area contributed by atoms with E-state index in [0.29, 0.717) is 6.04 Å². The maximum atomic E-state index is 6.11. The molecule has 1 heterocycles. The van der Waals surface area contributed by atoms with Gasteiger partial charge in [-0.1, -0.05) is 6.92 Å². The number of nitrogens with zero attached hydrogens (tertiary/aromatic N) is 2. The molecule has 1 aliphatic heterocycles. The Hall–Kier alpha value is -1.42. The van der Waals surface area contributed by atoms with Gasteiger partial charge in [0.15, 0.2) is 0 Å². The normalized spacial score (nSPS) is 21.1. The number of benzene rings is 1. The minimum absolute atomic E-state index is 0.574. The Morgan fingerprint density at radius 2 is 2.17 bits per heavy atom. The first kappa shape index (κ1) is 13.0. The van der Waals surface area contributed by atoms with Crippen molar-refractivity contribution in [2.45, 2.75) is 19.9 Å². The molecule has 0 aromatic heterocycles. The molecule has 100 valence electrons. The molecule has 2 rings (SSSR count). The van der Waals surface area contributed by atoms with Crippen LogP contribution in [0.25, 0.3) is 0 Å². The van der Waals surface area contributed by atoms with E-state index in [-0.39, 0.29) is 0 Å². The van der Waals surface area contributed by atoms with E-state index in [1.807, 2.05) is 12.1 Å². The van der Waals surface area contributed by atoms with Crippen LogP contribution in [0.4, 0.5) is 11.4 Å². The summed E-state index contributed by atoms with van der Waals surface area (Å²) in [5, 5.41) is 0. The Bertz CT molecular complexity index is 408. The molecule has 1 aromatic carbocycles. The van der Waals surface area contributed by atoms with Crippen LogP contribution in [0.3, 0.4) is 0 Å². The molecule has 1 unspecified atom stereocenters. The summed E-state index contributed by atoms with van der Waals surface area (Å²) in [6.07, 6.45) is 0. The van der Waals surface area contributed by atoms with Crippen LogP contribution in [0.1, 0.15) is 13.8 Å². The highest BCUT2D eigenvalue weighted by atomic mass is 16.5. The molecule has 1 fully saturated rings. The van der Waals surface area contributed by atoms with E-state index in [1.54, 1.807) is 7.11 Å². The lowest BCUT2D eigenvalue weighted by molar-refractivity contribution is 0.199. The molecule has 4 heteroatoms. The zero-order valence-electron chi connectivity index (χ0n) is 11.5. The van der Waals surface area contributed by atoms with Crippen molar-refractivity contribution >= 4 is 11.4 Å². The second-order valence-electron chi connectivity index (χ2n) is 4.85. The van der Waals surface area contributed by atoms with Crippen LogP contribution in [0.2, 0.25) is 0 Å². The fourth-order valence-electron chi connectivity index (χ4n) is 2.63. The highest BCUT2D eigenvalue weighted by molar-refractivity contribution is 5.69. The van der Waals surface area contributed by atoms with Crippen LogP contribution in [0.5, 0.6) is 5.75 Å². The zero-order chi connectivity index (χ0) is 13.1. The summed E-state index contributed by atoms with van der Waals surface area (Å²) in [7, 11) is 1.66. The number of methoxy groups -OCH3 is 1. The fraction of sp³-hybridized carbons (Fsp3) is 0.571. The van der Waals surface area contributed by atoms with Gasteiger partial charge in [0.2, 0.25) is 0 Å². The Labute approximate surface area is 109 Å². The smallest absolute Gasteiger partial charge is 0.121 e. The largest absolute Gasteiger partial charge is 0.497 e. The van der Waals surface area contributed by atoms with Crippen molar-refractivity contribution in [2.75, 3.05) is 43.9 Å². The molecular formula is C14H23N3O. The van der Waals surface area contributed by atoms with Crippen molar-refractivity contribution in [3.8, 4) is 5.75 Å². The van der Waals surface area contributed by atoms with Crippen molar-refractivity contribution in [3.05, 3.63) is 18.2 Å². The number of piperazine rings is 1. The van der Waals surface area contributed by atoms with Crippen molar-refractivity contribution in [1.82, 2.24) is 4.90 Å². The lowest BCUT2D eigenvalue weighted by atomic mass is 10.1. The summed E-state index contributed by atoms with van der Waals surface area (Å²) in [6.45, 7) is 8.78. The predicted octanol–water partition coefficient (Wildman–Crippen LogP) is 1.81. The Kier molecular flexibility index (Phi) is 3.97. The topological polar surface area (TPSA) is 41.7 Å².